The lowest BCUT2D eigenvalue weighted by Crippen LogP contribution is -2.34. The normalized spacial score (nSPS) is 23.7. The maximum absolute atomic E-state index is 5.98. The highest BCUT2D eigenvalue weighted by molar-refractivity contribution is 6.28. The van der Waals surface area contributed by atoms with Crippen LogP contribution in [-0.2, 0) is 0 Å². The number of rotatable bonds is 2. The molecule has 2 aromatic rings. The fourth-order valence-electron chi connectivity index (χ4n) is 2.82. The molecule has 0 aliphatic carbocycles. The van der Waals surface area contributed by atoms with E-state index in [1.165, 1.54) is 0 Å². The Hall–Kier alpha value is -1.40. The Balaban J connectivity index is 1.99. The van der Waals surface area contributed by atoms with Crippen LogP contribution in [0.15, 0.2) is 6.33 Å². The highest BCUT2D eigenvalue weighted by Gasteiger charge is 2.33. The Bertz CT molecular complexity index is 595. The number of fused-ring (bicyclic) bond motifs is 1. The average molecular weight is 281 g/mol. The van der Waals surface area contributed by atoms with Gasteiger partial charge in [0.2, 0.25) is 5.28 Å². The van der Waals surface area contributed by atoms with Crippen molar-refractivity contribution < 1.29 is 0 Å². The van der Waals surface area contributed by atoms with Gasteiger partial charge in [-0.25, -0.2) is 4.98 Å². The maximum atomic E-state index is 5.98. The third-order valence-electron chi connectivity index (χ3n) is 3.77. The van der Waals surface area contributed by atoms with E-state index in [0.717, 1.165) is 24.4 Å². The van der Waals surface area contributed by atoms with Gasteiger partial charge in [-0.05, 0) is 31.6 Å². The number of hydrogen-bond donors (Lipinski definition) is 1. The zero-order valence-electron chi connectivity index (χ0n) is 11.3. The number of aromatic nitrogens is 4. The highest BCUT2D eigenvalue weighted by atomic mass is 35.5. The predicted octanol–water partition coefficient (Wildman–Crippen LogP) is 1.39. The second-order valence-corrected chi connectivity index (χ2v) is 5.67. The van der Waals surface area contributed by atoms with Crippen molar-refractivity contribution in [1.82, 2.24) is 24.8 Å². The molecule has 7 heteroatoms. The van der Waals surface area contributed by atoms with Crippen molar-refractivity contribution in [3.8, 4) is 0 Å². The van der Waals surface area contributed by atoms with Crippen molar-refractivity contribution in [3.05, 3.63) is 11.6 Å². The molecule has 0 amide bonds. The Morgan fingerprint density at radius 2 is 2.16 bits per heavy atom. The lowest BCUT2D eigenvalue weighted by Gasteiger charge is -2.22. The van der Waals surface area contributed by atoms with Gasteiger partial charge < -0.3 is 14.8 Å². The molecule has 1 aliphatic rings. The molecule has 19 heavy (non-hydrogen) atoms. The van der Waals surface area contributed by atoms with E-state index in [-0.39, 0.29) is 5.28 Å². The molecule has 0 saturated carbocycles. The second kappa shape index (κ2) is 4.61. The lowest BCUT2D eigenvalue weighted by atomic mass is 10.1. The molecule has 1 fully saturated rings. The Morgan fingerprint density at radius 1 is 1.37 bits per heavy atom. The van der Waals surface area contributed by atoms with Crippen LogP contribution in [0.1, 0.15) is 6.92 Å². The summed E-state index contributed by atoms with van der Waals surface area (Å²) < 4.78 is 0. The summed E-state index contributed by atoms with van der Waals surface area (Å²) in [4.78, 5) is 20.3. The number of nitrogens with one attached hydrogen (secondary N) is 1. The van der Waals surface area contributed by atoms with Crippen LogP contribution in [0.4, 0.5) is 5.82 Å². The molecule has 0 spiro atoms. The van der Waals surface area contributed by atoms with Gasteiger partial charge in [0.05, 0.1) is 6.33 Å². The van der Waals surface area contributed by atoms with Crippen molar-refractivity contribution in [2.45, 2.75) is 13.0 Å². The van der Waals surface area contributed by atoms with E-state index >= 15 is 0 Å². The van der Waals surface area contributed by atoms with Gasteiger partial charge in [0.15, 0.2) is 11.5 Å². The number of nitrogens with zero attached hydrogens (tertiary/aromatic N) is 5. The molecule has 2 atom stereocenters. The van der Waals surface area contributed by atoms with Crippen molar-refractivity contribution >= 4 is 28.6 Å². The number of aromatic amines is 1. The second-order valence-electron chi connectivity index (χ2n) is 5.33. The molecule has 1 N–H and O–H groups in total. The molecule has 0 bridgehead atoms. The van der Waals surface area contributed by atoms with E-state index in [2.05, 4.69) is 50.8 Å². The molecule has 3 heterocycles. The maximum Gasteiger partial charge on any atom is 0.226 e. The summed E-state index contributed by atoms with van der Waals surface area (Å²) in [6, 6.07) is 0.520. The Morgan fingerprint density at radius 3 is 2.84 bits per heavy atom. The Labute approximate surface area is 116 Å². The number of likely N-dealkylation sites (N-methyl/N-ethyl adjacent to an activating group) is 1. The number of halogens is 1. The number of anilines is 1. The molecule has 0 aromatic carbocycles. The first kappa shape index (κ1) is 12.6. The first-order valence-electron chi connectivity index (χ1n) is 6.34. The average Bonchev–Trinajstić information content (AvgIpc) is 2.93. The molecule has 0 radical (unpaired) electrons. The van der Waals surface area contributed by atoms with Crippen LogP contribution < -0.4 is 4.90 Å². The number of H-pyrrole nitrogens is 1. The summed E-state index contributed by atoms with van der Waals surface area (Å²) in [6.45, 7) is 4.16. The fourth-order valence-corrected chi connectivity index (χ4v) is 2.98. The molecule has 1 aliphatic heterocycles. The van der Waals surface area contributed by atoms with Gasteiger partial charge in [0, 0.05) is 19.1 Å². The Kier molecular flexibility index (Phi) is 3.06. The van der Waals surface area contributed by atoms with Crippen molar-refractivity contribution in [1.29, 1.82) is 0 Å². The van der Waals surface area contributed by atoms with Gasteiger partial charge in [-0.2, -0.15) is 9.97 Å². The molecule has 3 rings (SSSR count). The van der Waals surface area contributed by atoms with Crippen molar-refractivity contribution in [2.24, 2.45) is 5.92 Å². The van der Waals surface area contributed by atoms with Gasteiger partial charge in [-0.1, -0.05) is 6.92 Å². The van der Waals surface area contributed by atoms with Crippen LogP contribution in [-0.4, -0.2) is 58.1 Å². The first-order valence-corrected chi connectivity index (χ1v) is 6.72. The third kappa shape index (κ3) is 2.15. The number of imidazole rings is 1. The smallest absolute Gasteiger partial charge is 0.226 e. The van der Waals surface area contributed by atoms with E-state index in [1.54, 1.807) is 6.33 Å². The van der Waals surface area contributed by atoms with Crippen LogP contribution in [0.2, 0.25) is 5.28 Å². The van der Waals surface area contributed by atoms with Crippen LogP contribution in [0, 0.1) is 5.92 Å². The van der Waals surface area contributed by atoms with E-state index < -0.39 is 0 Å². The quantitative estimate of drug-likeness (QED) is 0.843. The van der Waals surface area contributed by atoms with E-state index in [0.29, 0.717) is 17.6 Å². The minimum atomic E-state index is 0.246. The van der Waals surface area contributed by atoms with Crippen molar-refractivity contribution in [2.75, 3.05) is 32.1 Å². The third-order valence-corrected chi connectivity index (χ3v) is 3.94. The van der Waals surface area contributed by atoms with Gasteiger partial charge in [-0.3, -0.25) is 0 Å². The summed E-state index contributed by atoms with van der Waals surface area (Å²) in [5, 5.41) is 0.246. The monoisotopic (exact) mass is 280 g/mol. The van der Waals surface area contributed by atoms with Gasteiger partial charge in [0.25, 0.3) is 0 Å². The summed E-state index contributed by atoms with van der Waals surface area (Å²) in [5.74, 6) is 1.44. The number of hydrogen-bond acceptors (Lipinski definition) is 5. The van der Waals surface area contributed by atoms with E-state index in [9.17, 15) is 0 Å². The van der Waals surface area contributed by atoms with Crippen LogP contribution >= 0.6 is 11.6 Å². The lowest BCUT2D eigenvalue weighted by molar-refractivity contribution is 0.266. The van der Waals surface area contributed by atoms with Crippen LogP contribution in [0.5, 0.6) is 0 Å². The molecular formula is C12H17ClN6. The fraction of sp³-hybridized carbons (Fsp3) is 0.583. The van der Waals surface area contributed by atoms with Crippen LogP contribution in [0.3, 0.4) is 0 Å². The van der Waals surface area contributed by atoms with Crippen LogP contribution in [0.25, 0.3) is 11.2 Å². The summed E-state index contributed by atoms with van der Waals surface area (Å²) >= 11 is 5.98. The minimum Gasteiger partial charge on any atom is -0.353 e. The van der Waals surface area contributed by atoms with E-state index in [1.807, 2.05) is 0 Å². The molecular weight excluding hydrogens is 264 g/mol. The molecule has 6 nitrogen and oxygen atoms in total. The first-order chi connectivity index (χ1) is 9.06. The molecule has 102 valence electrons. The predicted molar refractivity (Wildman–Crippen MR) is 75.5 cm³/mol. The standard InChI is InChI=1S/C12H17ClN6/c1-7-4-19(5-8(7)18(2)3)11-9-10(15-6-14-9)16-12(13)17-11/h6-8H,4-5H2,1-3H3,(H,14,15,16,17). The zero-order chi connectivity index (χ0) is 13.6. The van der Waals surface area contributed by atoms with Crippen molar-refractivity contribution in [3.63, 3.8) is 0 Å². The van der Waals surface area contributed by atoms with Gasteiger partial charge in [0.1, 0.15) is 5.52 Å². The van der Waals surface area contributed by atoms with E-state index in [4.69, 9.17) is 11.6 Å². The highest BCUT2D eigenvalue weighted by Crippen LogP contribution is 2.29. The summed E-state index contributed by atoms with van der Waals surface area (Å²) in [5.41, 5.74) is 1.48. The molecule has 1 saturated heterocycles. The topological polar surface area (TPSA) is 60.9 Å². The van der Waals surface area contributed by atoms with Gasteiger partial charge in [-0.15, -0.1) is 0 Å². The molecule has 2 aromatic heterocycles. The largest absolute Gasteiger partial charge is 0.353 e. The summed E-state index contributed by atoms with van der Waals surface area (Å²) in [6.07, 6.45) is 1.63. The minimum absolute atomic E-state index is 0.246. The molecule has 2 unspecified atom stereocenters. The SMILES string of the molecule is CC1CN(c2nc(Cl)nc3nc[nH]c23)CC1N(C)C. The summed E-state index contributed by atoms with van der Waals surface area (Å²) in [7, 11) is 4.23. The van der Waals surface area contributed by atoms with Gasteiger partial charge >= 0.3 is 0 Å². The zero-order valence-corrected chi connectivity index (χ0v) is 12.0.